The minimum atomic E-state index is 0.0677. The highest BCUT2D eigenvalue weighted by atomic mass is 16.1. The topological polar surface area (TPSA) is 36.1 Å². The molecular weight excluding hydrogens is 200 g/mol. The molecule has 1 fully saturated rings. The smallest absolute Gasteiger partial charge is 0.252 e. The molecule has 0 aliphatic carbocycles. The molecule has 0 radical (unpaired) electrons. The summed E-state index contributed by atoms with van der Waals surface area (Å²) in [5, 5.41) is 0. The van der Waals surface area contributed by atoms with Gasteiger partial charge >= 0.3 is 0 Å². The van der Waals surface area contributed by atoms with Gasteiger partial charge in [0.1, 0.15) is 5.82 Å². The number of hydrogen-bond donors (Lipinski definition) is 1. The van der Waals surface area contributed by atoms with Crippen molar-refractivity contribution in [1.82, 2.24) is 4.98 Å². The van der Waals surface area contributed by atoms with Crippen LogP contribution in [0.4, 0.5) is 5.82 Å². The second kappa shape index (κ2) is 4.73. The number of H-pyrrole nitrogens is 1. The summed E-state index contributed by atoms with van der Waals surface area (Å²) < 4.78 is 0. The molecule has 1 aromatic rings. The van der Waals surface area contributed by atoms with E-state index in [1.54, 1.807) is 0 Å². The van der Waals surface area contributed by atoms with Crippen molar-refractivity contribution < 1.29 is 0 Å². The molecule has 1 aliphatic rings. The standard InChI is InChI=1S/C13H20N2O/c1-10(2)11-6-7-12(14-13(11)16)15-8-4-3-5-9-15/h6-7,10H,3-5,8-9H2,1-2H3,(H,14,16). The maximum absolute atomic E-state index is 11.8. The van der Waals surface area contributed by atoms with Crippen LogP contribution in [0.25, 0.3) is 0 Å². The fraction of sp³-hybridized carbons (Fsp3) is 0.615. The molecule has 1 aliphatic heterocycles. The van der Waals surface area contributed by atoms with Gasteiger partial charge in [0.15, 0.2) is 0 Å². The number of rotatable bonds is 2. The molecule has 2 rings (SSSR count). The maximum Gasteiger partial charge on any atom is 0.252 e. The molecule has 0 aromatic carbocycles. The van der Waals surface area contributed by atoms with E-state index in [1.165, 1.54) is 19.3 Å². The highest BCUT2D eigenvalue weighted by molar-refractivity contribution is 5.40. The van der Waals surface area contributed by atoms with Gasteiger partial charge in [-0.15, -0.1) is 0 Å². The molecule has 1 aromatic heterocycles. The van der Waals surface area contributed by atoms with Crippen LogP contribution in [-0.2, 0) is 0 Å². The zero-order chi connectivity index (χ0) is 11.5. The third kappa shape index (κ3) is 2.29. The monoisotopic (exact) mass is 220 g/mol. The van der Waals surface area contributed by atoms with Gasteiger partial charge in [-0.3, -0.25) is 4.79 Å². The first kappa shape index (κ1) is 11.2. The van der Waals surface area contributed by atoms with Gasteiger partial charge in [0.05, 0.1) is 0 Å². The summed E-state index contributed by atoms with van der Waals surface area (Å²) in [6.07, 6.45) is 3.77. The summed E-state index contributed by atoms with van der Waals surface area (Å²) in [5.74, 6) is 1.27. The van der Waals surface area contributed by atoms with Crippen molar-refractivity contribution in [2.24, 2.45) is 0 Å². The van der Waals surface area contributed by atoms with E-state index in [2.05, 4.69) is 9.88 Å². The molecule has 3 heteroatoms. The normalized spacial score (nSPS) is 16.8. The van der Waals surface area contributed by atoms with E-state index in [4.69, 9.17) is 0 Å². The second-order valence-corrected chi connectivity index (χ2v) is 4.83. The van der Waals surface area contributed by atoms with Gasteiger partial charge in [-0.05, 0) is 37.3 Å². The summed E-state index contributed by atoms with van der Waals surface area (Å²) >= 11 is 0. The third-order valence-electron chi connectivity index (χ3n) is 3.24. The minimum absolute atomic E-state index is 0.0677. The quantitative estimate of drug-likeness (QED) is 0.831. The van der Waals surface area contributed by atoms with Crippen LogP contribution in [0.5, 0.6) is 0 Å². The molecule has 0 bridgehead atoms. The Labute approximate surface area is 96.5 Å². The van der Waals surface area contributed by atoms with E-state index in [-0.39, 0.29) is 5.56 Å². The number of nitrogens with one attached hydrogen (secondary N) is 1. The van der Waals surface area contributed by atoms with Gasteiger partial charge in [0.25, 0.3) is 5.56 Å². The van der Waals surface area contributed by atoms with E-state index in [9.17, 15) is 4.79 Å². The van der Waals surface area contributed by atoms with Crippen molar-refractivity contribution in [2.45, 2.75) is 39.0 Å². The summed E-state index contributed by atoms with van der Waals surface area (Å²) in [4.78, 5) is 17.1. The molecule has 1 saturated heterocycles. The van der Waals surface area contributed by atoms with Crippen molar-refractivity contribution in [1.29, 1.82) is 0 Å². The van der Waals surface area contributed by atoms with Crippen LogP contribution in [0.1, 0.15) is 44.6 Å². The third-order valence-corrected chi connectivity index (χ3v) is 3.24. The van der Waals surface area contributed by atoms with Gasteiger partial charge in [-0.25, -0.2) is 0 Å². The lowest BCUT2D eigenvalue weighted by Gasteiger charge is -2.28. The predicted octanol–water partition coefficient (Wildman–Crippen LogP) is 2.49. The average Bonchev–Trinajstić information content (AvgIpc) is 2.29. The summed E-state index contributed by atoms with van der Waals surface area (Å²) in [6.45, 7) is 6.23. The molecule has 0 amide bonds. The molecule has 3 nitrogen and oxygen atoms in total. The number of nitrogens with zero attached hydrogens (tertiary/aromatic N) is 1. The Hall–Kier alpha value is -1.25. The Balaban J connectivity index is 2.23. The minimum Gasteiger partial charge on any atom is -0.358 e. The fourth-order valence-electron chi connectivity index (χ4n) is 2.25. The Morgan fingerprint density at radius 3 is 2.44 bits per heavy atom. The maximum atomic E-state index is 11.8. The highest BCUT2D eigenvalue weighted by Gasteiger charge is 2.13. The Morgan fingerprint density at radius 1 is 1.19 bits per heavy atom. The second-order valence-electron chi connectivity index (χ2n) is 4.83. The molecule has 16 heavy (non-hydrogen) atoms. The summed E-state index contributed by atoms with van der Waals surface area (Å²) in [7, 11) is 0. The van der Waals surface area contributed by atoms with Crippen LogP contribution >= 0.6 is 0 Å². The highest BCUT2D eigenvalue weighted by Crippen LogP contribution is 2.17. The predicted molar refractivity (Wildman–Crippen MR) is 67.2 cm³/mol. The number of anilines is 1. The van der Waals surface area contributed by atoms with Crippen LogP contribution in [0.3, 0.4) is 0 Å². The zero-order valence-electron chi connectivity index (χ0n) is 10.1. The number of hydrogen-bond acceptors (Lipinski definition) is 2. The molecule has 88 valence electrons. The number of piperidine rings is 1. The average molecular weight is 220 g/mol. The van der Waals surface area contributed by atoms with Gasteiger partial charge in [-0.1, -0.05) is 13.8 Å². The fourth-order valence-corrected chi connectivity index (χ4v) is 2.25. The lowest BCUT2D eigenvalue weighted by Crippen LogP contribution is -2.31. The van der Waals surface area contributed by atoms with Crippen molar-refractivity contribution in [3.8, 4) is 0 Å². The van der Waals surface area contributed by atoms with Crippen LogP contribution in [0.15, 0.2) is 16.9 Å². The zero-order valence-corrected chi connectivity index (χ0v) is 10.1. The van der Waals surface area contributed by atoms with Crippen molar-refractivity contribution >= 4 is 5.82 Å². The van der Waals surface area contributed by atoms with Crippen molar-refractivity contribution in [2.75, 3.05) is 18.0 Å². The summed E-state index contributed by atoms with van der Waals surface area (Å²) in [6, 6.07) is 4.01. The van der Waals surface area contributed by atoms with E-state index in [0.717, 1.165) is 24.5 Å². The molecule has 0 atom stereocenters. The van der Waals surface area contributed by atoms with Crippen LogP contribution in [0, 0.1) is 0 Å². The molecule has 0 spiro atoms. The molecular formula is C13H20N2O. The molecule has 0 unspecified atom stereocenters. The number of pyridine rings is 1. The largest absolute Gasteiger partial charge is 0.358 e. The SMILES string of the molecule is CC(C)c1ccc(N2CCCCC2)[nH]c1=O. The first-order valence-corrected chi connectivity index (χ1v) is 6.16. The van der Waals surface area contributed by atoms with E-state index in [0.29, 0.717) is 5.92 Å². The van der Waals surface area contributed by atoms with Gasteiger partial charge in [-0.2, -0.15) is 0 Å². The van der Waals surface area contributed by atoms with Gasteiger partial charge in [0.2, 0.25) is 0 Å². The lowest BCUT2D eigenvalue weighted by atomic mass is 10.1. The molecule has 0 saturated carbocycles. The van der Waals surface area contributed by atoms with Gasteiger partial charge < -0.3 is 9.88 Å². The van der Waals surface area contributed by atoms with Crippen LogP contribution < -0.4 is 10.5 Å². The summed E-state index contributed by atoms with van der Waals surface area (Å²) in [5.41, 5.74) is 0.943. The van der Waals surface area contributed by atoms with Crippen molar-refractivity contribution in [3.63, 3.8) is 0 Å². The van der Waals surface area contributed by atoms with E-state index in [1.807, 2.05) is 26.0 Å². The Bertz CT molecular complexity index is 403. The van der Waals surface area contributed by atoms with Gasteiger partial charge in [0, 0.05) is 18.7 Å². The first-order chi connectivity index (χ1) is 7.68. The van der Waals surface area contributed by atoms with Crippen molar-refractivity contribution in [3.05, 3.63) is 28.0 Å². The molecule has 2 heterocycles. The van der Waals surface area contributed by atoms with E-state index < -0.39 is 0 Å². The number of aromatic amines is 1. The molecule has 1 N–H and O–H groups in total. The Kier molecular flexibility index (Phi) is 3.32. The number of aromatic nitrogens is 1. The van der Waals surface area contributed by atoms with E-state index >= 15 is 0 Å². The van der Waals surface area contributed by atoms with Crippen LogP contribution in [0.2, 0.25) is 0 Å². The lowest BCUT2D eigenvalue weighted by molar-refractivity contribution is 0.572. The Morgan fingerprint density at radius 2 is 1.88 bits per heavy atom. The van der Waals surface area contributed by atoms with Crippen LogP contribution in [-0.4, -0.2) is 18.1 Å². The first-order valence-electron chi connectivity index (χ1n) is 6.16.